The van der Waals surface area contributed by atoms with E-state index in [4.69, 9.17) is 14.2 Å². The van der Waals surface area contributed by atoms with E-state index in [-0.39, 0.29) is 0 Å². The van der Waals surface area contributed by atoms with Crippen molar-refractivity contribution in [1.82, 2.24) is 0 Å². The molecular weight excluding hydrogens is 174 g/mol. The minimum absolute atomic E-state index is 0.792. The molecule has 0 atom stereocenters. The molecule has 0 bridgehead atoms. The Bertz CT molecular complexity index is 276. The molecule has 1 aromatic rings. The molecule has 12 heavy (non-hydrogen) atoms. The van der Waals surface area contributed by atoms with Crippen LogP contribution in [-0.2, 0) is 11.6 Å². The Kier molecular flexibility index (Phi) is 5.73. The van der Waals surface area contributed by atoms with E-state index in [9.17, 15) is 0 Å². The molecule has 4 heteroatoms. The van der Waals surface area contributed by atoms with Crippen LogP contribution in [0.2, 0.25) is 0 Å². The Balaban J connectivity index is 0.000000354. The van der Waals surface area contributed by atoms with Crippen molar-refractivity contribution < 1.29 is 8.42 Å². The van der Waals surface area contributed by atoms with Gasteiger partial charge in [-0.1, -0.05) is 24.8 Å². The highest BCUT2D eigenvalue weighted by Crippen LogP contribution is 2.05. The van der Waals surface area contributed by atoms with Gasteiger partial charge in [-0.2, -0.15) is 0 Å². The van der Waals surface area contributed by atoms with Crippen molar-refractivity contribution in [3.05, 3.63) is 36.4 Å². The summed E-state index contributed by atoms with van der Waals surface area (Å²) in [6.07, 6.45) is 1.79. The van der Waals surface area contributed by atoms with Gasteiger partial charge in [-0.25, -0.2) is 8.42 Å². The molecule has 0 aliphatic heterocycles. The Morgan fingerprint density at radius 3 is 2.00 bits per heavy atom. The lowest BCUT2D eigenvalue weighted by atomic mass is 10.2. The smallest absolute Gasteiger partial charge is 0.129 e. The van der Waals surface area contributed by atoms with Crippen molar-refractivity contribution in [3.63, 3.8) is 0 Å². The summed E-state index contributed by atoms with van der Waals surface area (Å²) in [5, 5.41) is 0. The molecule has 0 aromatic heterocycles. The molecule has 3 nitrogen and oxygen atoms in total. The number of rotatable bonds is 1. The van der Waals surface area contributed by atoms with E-state index in [2.05, 4.69) is 6.58 Å². The molecule has 0 fully saturated rings. The van der Waals surface area contributed by atoms with E-state index in [0.29, 0.717) is 0 Å². The van der Waals surface area contributed by atoms with Crippen molar-refractivity contribution in [1.29, 1.82) is 0 Å². The van der Waals surface area contributed by atoms with Crippen LogP contribution in [0.1, 0.15) is 5.56 Å². The van der Waals surface area contributed by atoms with Crippen LogP contribution in [0.3, 0.4) is 0 Å². The normalized spacial score (nSPS) is 8.00. The number of nitrogen functional groups attached to an aromatic ring is 1. The third-order valence-corrected chi connectivity index (χ3v) is 1.17. The number of benzene rings is 1. The summed E-state index contributed by atoms with van der Waals surface area (Å²) in [5.41, 5.74) is 7.34. The molecule has 1 rings (SSSR count). The van der Waals surface area contributed by atoms with Crippen LogP contribution >= 0.6 is 0 Å². The summed E-state index contributed by atoms with van der Waals surface area (Å²) >= 11 is -1.42. The van der Waals surface area contributed by atoms with Crippen LogP contribution in [0.15, 0.2) is 30.8 Å². The van der Waals surface area contributed by atoms with E-state index in [0.717, 1.165) is 11.3 Å². The van der Waals surface area contributed by atoms with Gasteiger partial charge in [0.2, 0.25) is 0 Å². The number of hydrogen-bond donors (Lipinski definition) is 1. The molecule has 0 spiro atoms. The minimum atomic E-state index is -1.42. The summed E-state index contributed by atoms with van der Waals surface area (Å²) in [6, 6.07) is 7.58. The average molecular weight is 185 g/mol. The zero-order valence-electron chi connectivity index (χ0n) is 6.49. The van der Waals surface area contributed by atoms with E-state index >= 15 is 0 Å². The van der Waals surface area contributed by atoms with Crippen molar-refractivity contribution in [3.8, 4) is 0 Å². The summed E-state index contributed by atoms with van der Waals surface area (Å²) in [6.45, 7) is 3.62. The standard InChI is InChI=1S/C8H9N.H2O2S/c1-2-7-3-5-8(9)6-4-7;1-3-2/h2-6H,1,9H2;3H2. The zero-order chi connectivity index (χ0) is 9.40. The quantitative estimate of drug-likeness (QED) is 0.655. The molecule has 1 aromatic carbocycles. The highest BCUT2D eigenvalue weighted by atomic mass is 32.1. The largest absolute Gasteiger partial charge is 0.399 e. The first kappa shape index (κ1) is 10.7. The molecule has 0 unspecified atom stereocenters. The topological polar surface area (TPSA) is 60.2 Å². The van der Waals surface area contributed by atoms with Crippen LogP contribution in [0.25, 0.3) is 6.08 Å². The second-order valence-corrected chi connectivity index (χ2v) is 2.12. The molecule has 0 saturated heterocycles. The molecule has 0 radical (unpaired) electrons. The highest BCUT2D eigenvalue weighted by Gasteiger charge is 1.82. The summed E-state index contributed by atoms with van der Waals surface area (Å²) in [7, 11) is 0. The van der Waals surface area contributed by atoms with E-state index in [1.165, 1.54) is 0 Å². The first-order valence-electron chi connectivity index (χ1n) is 3.22. The molecule has 0 heterocycles. The van der Waals surface area contributed by atoms with Gasteiger partial charge in [-0.3, -0.25) is 0 Å². The van der Waals surface area contributed by atoms with E-state index < -0.39 is 11.6 Å². The van der Waals surface area contributed by atoms with Crippen LogP contribution in [-0.4, -0.2) is 8.42 Å². The van der Waals surface area contributed by atoms with Gasteiger partial charge in [0.1, 0.15) is 11.6 Å². The maximum absolute atomic E-state index is 8.40. The van der Waals surface area contributed by atoms with Crippen LogP contribution in [0.5, 0.6) is 0 Å². The third kappa shape index (κ3) is 4.51. The summed E-state index contributed by atoms with van der Waals surface area (Å²) < 4.78 is 16.8. The fourth-order valence-corrected chi connectivity index (χ4v) is 0.632. The lowest BCUT2D eigenvalue weighted by Crippen LogP contribution is -1.81. The minimum Gasteiger partial charge on any atom is -0.399 e. The number of nitrogens with two attached hydrogens (primary N) is 1. The Labute approximate surface area is 74.5 Å². The van der Waals surface area contributed by atoms with Gasteiger partial charge in [0, 0.05) is 5.69 Å². The van der Waals surface area contributed by atoms with Crippen molar-refractivity contribution in [2.24, 2.45) is 0 Å². The van der Waals surface area contributed by atoms with Gasteiger partial charge in [0.05, 0.1) is 0 Å². The van der Waals surface area contributed by atoms with Gasteiger partial charge in [-0.05, 0) is 17.7 Å². The third-order valence-electron chi connectivity index (χ3n) is 1.17. The zero-order valence-corrected chi connectivity index (χ0v) is 7.49. The molecular formula is C8H11NO2S. The van der Waals surface area contributed by atoms with Crippen molar-refractivity contribution in [2.45, 2.75) is 0 Å². The van der Waals surface area contributed by atoms with Gasteiger partial charge in [0.15, 0.2) is 0 Å². The SMILES string of the molecule is C=Cc1ccc(N)cc1.O=[SH2]=O. The summed E-state index contributed by atoms with van der Waals surface area (Å²) in [5.74, 6) is 0. The first-order valence-corrected chi connectivity index (χ1v) is 4.03. The average Bonchev–Trinajstić information content (AvgIpc) is 2.07. The van der Waals surface area contributed by atoms with Crippen molar-refractivity contribution in [2.75, 3.05) is 5.73 Å². The number of anilines is 1. The number of hydrogen-bond acceptors (Lipinski definition) is 3. The van der Waals surface area contributed by atoms with Crippen LogP contribution in [0, 0.1) is 0 Å². The van der Waals surface area contributed by atoms with Gasteiger partial charge >= 0.3 is 0 Å². The van der Waals surface area contributed by atoms with Gasteiger partial charge in [-0.15, -0.1) is 0 Å². The highest BCUT2D eigenvalue weighted by molar-refractivity contribution is 7.51. The maximum atomic E-state index is 8.40. The molecule has 0 amide bonds. The lowest BCUT2D eigenvalue weighted by molar-refractivity contribution is 0.630. The molecule has 0 aliphatic rings. The van der Waals surface area contributed by atoms with Gasteiger partial charge in [0.25, 0.3) is 0 Å². The Morgan fingerprint density at radius 2 is 1.67 bits per heavy atom. The molecule has 2 N–H and O–H groups in total. The summed E-state index contributed by atoms with van der Waals surface area (Å²) in [4.78, 5) is 0. The van der Waals surface area contributed by atoms with Crippen LogP contribution in [0.4, 0.5) is 5.69 Å². The second-order valence-electron chi connectivity index (χ2n) is 1.95. The van der Waals surface area contributed by atoms with Gasteiger partial charge < -0.3 is 5.73 Å². The predicted octanol–water partition coefficient (Wildman–Crippen LogP) is 0.706. The van der Waals surface area contributed by atoms with Crippen molar-refractivity contribution >= 4 is 23.3 Å². The molecule has 0 aliphatic carbocycles. The van der Waals surface area contributed by atoms with E-state index in [1.807, 2.05) is 24.3 Å². The molecule has 0 saturated carbocycles. The van der Waals surface area contributed by atoms with Crippen LogP contribution < -0.4 is 5.73 Å². The maximum Gasteiger partial charge on any atom is 0.129 e. The predicted molar refractivity (Wildman–Crippen MR) is 52.7 cm³/mol. The fraction of sp³-hybridized carbons (Fsp3) is 0. The Hall–Kier alpha value is -1.29. The monoisotopic (exact) mass is 185 g/mol. The first-order chi connectivity index (χ1) is 5.74. The Morgan fingerprint density at radius 1 is 1.25 bits per heavy atom. The van der Waals surface area contributed by atoms with E-state index in [1.54, 1.807) is 6.08 Å². The second kappa shape index (κ2) is 6.42. The fourth-order valence-electron chi connectivity index (χ4n) is 0.632. The lowest BCUT2D eigenvalue weighted by Gasteiger charge is -1.91. The molecule has 66 valence electrons.